The number of benzene rings is 1. The molecule has 0 spiro atoms. The predicted octanol–water partition coefficient (Wildman–Crippen LogP) is 3.63. The quantitative estimate of drug-likeness (QED) is 0.655. The minimum atomic E-state index is -0.237. The van der Waals surface area contributed by atoms with Crippen LogP contribution in [0.3, 0.4) is 0 Å². The zero-order valence-electron chi connectivity index (χ0n) is 11.8. The number of carbonyl (C=O) groups excluding carboxylic acids is 2. The molecule has 0 bridgehead atoms. The molecule has 0 saturated heterocycles. The number of anilines is 1. The van der Waals surface area contributed by atoms with Gasteiger partial charge in [-0.15, -0.1) is 11.3 Å². The molecule has 2 rings (SSSR count). The zero-order chi connectivity index (χ0) is 15.1. The molecule has 0 radical (unpaired) electrons. The maximum Gasteiger partial charge on any atom is 0.311 e. The maximum absolute atomic E-state index is 11.7. The van der Waals surface area contributed by atoms with Crippen LogP contribution in [0, 0.1) is 0 Å². The van der Waals surface area contributed by atoms with Crippen LogP contribution in [0.2, 0.25) is 0 Å². The number of aryl methyl sites for hydroxylation is 1. The van der Waals surface area contributed by atoms with Crippen molar-refractivity contribution in [2.45, 2.75) is 26.2 Å². The molecule has 0 fully saturated rings. The monoisotopic (exact) mass is 303 g/mol. The Kier molecular flexibility index (Phi) is 5.51. The van der Waals surface area contributed by atoms with Crippen LogP contribution in [-0.2, 0) is 16.0 Å². The molecule has 1 aromatic carbocycles. The summed E-state index contributed by atoms with van der Waals surface area (Å²) >= 11 is 1.70. The first-order valence-corrected chi connectivity index (χ1v) is 7.62. The van der Waals surface area contributed by atoms with Gasteiger partial charge in [-0.25, -0.2) is 0 Å². The van der Waals surface area contributed by atoms with Gasteiger partial charge < -0.3 is 10.1 Å². The van der Waals surface area contributed by atoms with Gasteiger partial charge in [-0.1, -0.05) is 6.07 Å². The van der Waals surface area contributed by atoms with Gasteiger partial charge >= 0.3 is 5.97 Å². The van der Waals surface area contributed by atoms with Gasteiger partial charge in [-0.3, -0.25) is 9.59 Å². The first kappa shape index (κ1) is 15.3. The highest BCUT2D eigenvalue weighted by molar-refractivity contribution is 7.09. The number of carbonyl (C=O) groups is 2. The Hall–Kier alpha value is -2.14. The Morgan fingerprint density at radius 2 is 1.95 bits per heavy atom. The first-order valence-electron chi connectivity index (χ1n) is 6.74. The fraction of sp³-hybridized carbons (Fsp3) is 0.250. The second-order valence-electron chi connectivity index (χ2n) is 4.61. The van der Waals surface area contributed by atoms with Gasteiger partial charge in [-0.2, -0.15) is 0 Å². The van der Waals surface area contributed by atoms with Gasteiger partial charge in [0.1, 0.15) is 5.75 Å². The minimum Gasteiger partial charge on any atom is -0.427 e. The number of thiophene rings is 1. The lowest BCUT2D eigenvalue weighted by molar-refractivity contribution is -0.134. The normalized spacial score (nSPS) is 10.1. The van der Waals surface area contributed by atoms with E-state index in [1.807, 2.05) is 11.4 Å². The van der Waals surface area contributed by atoms with E-state index in [0.717, 1.165) is 12.8 Å². The second-order valence-corrected chi connectivity index (χ2v) is 5.64. The highest BCUT2D eigenvalue weighted by Gasteiger charge is 2.06. The van der Waals surface area contributed by atoms with Crippen molar-refractivity contribution < 1.29 is 14.3 Å². The predicted molar refractivity (Wildman–Crippen MR) is 83.6 cm³/mol. The second kappa shape index (κ2) is 7.59. The van der Waals surface area contributed by atoms with Crippen LogP contribution in [0.1, 0.15) is 24.6 Å². The smallest absolute Gasteiger partial charge is 0.311 e. The molecule has 1 heterocycles. The molecule has 2 aromatic rings. The van der Waals surface area contributed by atoms with Crippen molar-refractivity contribution >= 4 is 28.9 Å². The van der Waals surface area contributed by atoms with Crippen LogP contribution >= 0.6 is 11.3 Å². The summed E-state index contributed by atoms with van der Waals surface area (Å²) in [6.07, 6.45) is 2.07. The lowest BCUT2D eigenvalue weighted by atomic mass is 10.2. The van der Waals surface area contributed by atoms with Crippen molar-refractivity contribution in [3.05, 3.63) is 46.7 Å². The number of amides is 1. The fourth-order valence-corrected chi connectivity index (χ4v) is 2.61. The highest BCUT2D eigenvalue weighted by atomic mass is 32.1. The SMILES string of the molecule is CC(=O)Nc1ccc(OC(=O)CCCc2cccs2)cc1. The fourth-order valence-electron chi connectivity index (χ4n) is 1.85. The Morgan fingerprint density at radius 3 is 2.57 bits per heavy atom. The van der Waals surface area contributed by atoms with Gasteiger partial charge in [-0.05, 0) is 48.6 Å². The number of esters is 1. The van der Waals surface area contributed by atoms with Crippen LogP contribution < -0.4 is 10.1 Å². The molecule has 1 aromatic heterocycles. The molecule has 0 aliphatic rings. The third kappa shape index (κ3) is 5.39. The molecule has 0 aliphatic carbocycles. The van der Waals surface area contributed by atoms with Crippen LogP contribution in [0.5, 0.6) is 5.75 Å². The summed E-state index contributed by atoms with van der Waals surface area (Å²) in [5, 5.41) is 4.69. The van der Waals surface area contributed by atoms with E-state index in [4.69, 9.17) is 4.74 Å². The Morgan fingerprint density at radius 1 is 1.19 bits per heavy atom. The third-order valence-corrected chi connectivity index (χ3v) is 3.73. The molecule has 1 amide bonds. The maximum atomic E-state index is 11.7. The van der Waals surface area contributed by atoms with E-state index in [1.165, 1.54) is 11.8 Å². The Balaban J connectivity index is 1.75. The highest BCUT2D eigenvalue weighted by Crippen LogP contribution is 2.17. The summed E-state index contributed by atoms with van der Waals surface area (Å²) in [5.74, 6) is 0.123. The van der Waals surface area contributed by atoms with E-state index in [-0.39, 0.29) is 11.9 Å². The van der Waals surface area contributed by atoms with Crippen molar-refractivity contribution in [1.29, 1.82) is 0 Å². The van der Waals surface area contributed by atoms with Crippen LogP contribution in [0.15, 0.2) is 41.8 Å². The zero-order valence-corrected chi connectivity index (χ0v) is 12.6. The van der Waals surface area contributed by atoms with Crippen LogP contribution in [-0.4, -0.2) is 11.9 Å². The topological polar surface area (TPSA) is 55.4 Å². The van der Waals surface area contributed by atoms with Crippen molar-refractivity contribution in [2.75, 3.05) is 5.32 Å². The first-order chi connectivity index (χ1) is 10.1. The van der Waals surface area contributed by atoms with Crippen molar-refractivity contribution in [1.82, 2.24) is 0 Å². The van der Waals surface area contributed by atoms with Crippen molar-refractivity contribution in [2.24, 2.45) is 0 Å². The molecular formula is C16H17NO3S. The molecule has 0 saturated carbocycles. The number of hydrogen-bond donors (Lipinski definition) is 1. The van der Waals surface area contributed by atoms with Gasteiger partial charge in [0.15, 0.2) is 0 Å². The summed E-state index contributed by atoms with van der Waals surface area (Å²) in [5.41, 5.74) is 0.681. The van der Waals surface area contributed by atoms with E-state index >= 15 is 0 Å². The third-order valence-electron chi connectivity index (χ3n) is 2.79. The van der Waals surface area contributed by atoms with E-state index < -0.39 is 0 Å². The Labute approximate surface area is 127 Å². The largest absolute Gasteiger partial charge is 0.427 e. The van der Waals surface area contributed by atoms with E-state index in [2.05, 4.69) is 11.4 Å². The summed E-state index contributed by atoms with van der Waals surface area (Å²) in [6.45, 7) is 1.45. The van der Waals surface area contributed by atoms with Crippen LogP contribution in [0.4, 0.5) is 5.69 Å². The minimum absolute atomic E-state index is 0.131. The van der Waals surface area contributed by atoms with E-state index in [1.54, 1.807) is 35.6 Å². The molecule has 0 unspecified atom stereocenters. The van der Waals surface area contributed by atoms with Gasteiger partial charge in [0.05, 0.1) is 0 Å². The van der Waals surface area contributed by atoms with E-state index in [9.17, 15) is 9.59 Å². The van der Waals surface area contributed by atoms with E-state index in [0.29, 0.717) is 17.9 Å². The number of hydrogen-bond acceptors (Lipinski definition) is 4. The van der Waals surface area contributed by atoms with Gasteiger partial charge in [0, 0.05) is 23.9 Å². The summed E-state index contributed by atoms with van der Waals surface area (Å²) in [6, 6.07) is 10.8. The average molecular weight is 303 g/mol. The molecule has 1 N–H and O–H groups in total. The summed E-state index contributed by atoms with van der Waals surface area (Å²) in [4.78, 5) is 23.9. The summed E-state index contributed by atoms with van der Waals surface area (Å²) in [7, 11) is 0. The van der Waals surface area contributed by atoms with Crippen molar-refractivity contribution in [3.8, 4) is 5.75 Å². The van der Waals surface area contributed by atoms with Crippen LogP contribution in [0.25, 0.3) is 0 Å². The van der Waals surface area contributed by atoms with Crippen molar-refractivity contribution in [3.63, 3.8) is 0 Å². The molecule has 4 nitrogen and oxygen atoms in total. The standard InChI is InChI=1S/C16H17NO3S/c1-12(18)17-13-7-9-14(10-8-13)20-16(19)6-2-4-15-5-3-11-21-15/h3,5,7-11H,2,4,6H2,1H3,(H,17,18). The molecule has 0 atom stereocenters. The number of nitrogens with one attached hydrogen (secondary N) is 1. The number of ether oxygens (including phenoxy) is 1. The Bertz CT molecular complexity index is 590. The van der Waals surface area contributed by atoms with Gasteiger partial charge in [0.25, 0.3) is 0 Å². The molecule has 21 heavy (non-hydrogen) atoms. The lowest BCUT2D eigenvalue weighted by Crippen LogP contribution is -2.08. The number of rotatable bonds is 6. The lowest BCUT2D eigenvalue weighted by Gasteiger charge is -2.06. The summed E-state index contributed by atoms with van der Waals surface area (Å²) < 4.78 is 5.25. The molecule has 5 heteroatoms. The van der Waals surface area contributed by atoms with Gasteiger partial charge in [0.2, 0.25) is 5.91 Å². The molecular weight excluding hydrogens is 286 g/mol. The molecule has 110 valence electrons. The average Bonchev–Trinajstić information content (AvgIpc) is 2.93. The molecule has 0 aliphatic heterocycles.